The van der Waals surface area contributed by atoms with E-state index in [9.17, 15) is 13.2 Å². The molecule has 2 nitrogen and oxygen atoms in total. The molecule has 1 saturated heterocycles. The Morgan fingerprint density at radius 1 is 1.29 bits per heavy atom. The second kappa shape index (κ2) is 4.96. The quantitative estimate of drug-likeness (QED) is 0.803. The topological polar surface area (TPSA) is 15.3 Å². The van der Waals surface area contributed by atoms with Crippen molar-refractivity contribution in [3.63, 3.8) is 0 Å². The molecule has 2 rings (SSSR count). The predicted octanol–water partition coefficient (Wildman–Crippen LogP) is 2.29. The summed E-state index contributed by atoms with van der Waals surface area (Å²) in [6.45, 7) is 3.96. The molecule has 0 spiro atoms. The number of halogens is 3. The lowest BCUT2D eigenvalue weighted by atomic mass is 10.1. The molecular weight excluding hydrogens is 229 g/mol. The van der Waals surface area contributed by atoms with Crippen LogP contribution in [-0.4, -0.2) is 25.7 Å². The first-order valence-corrected chi connectivity index (χ1v) is 5.75. The number of anilines is 1. The minimum Gasteiger partial charge on any atom is -0.366 e. The minimum atomic E-state index is -1.39. The number of benzene rings is 1. The molecule has 1 aromatic carbocycles. The highest BCUT2D eigenvalue weighted by atomic mass is 19.2. The fraction of sp³-hybridized carbons (Fsp3) is 0.500. The van der Waals surface area contributed by atoms with Crippen LogP contribution < -0.4 is 10.2 Å². The van der Waals surface area contributed by atoms with E-state index in [2.05, 4.69) is 5.32 Å². The molecule has 1 unspecified atom stereocenters. The van der Waals surface area contributed by atoms with Crippen molar-refractivity contribution in [3.05, 3.63) is 29.6 Å². The van der Waals surface area contributed by atoms with Gasteiger partial charge in [-0.3, -0.25) is 0 Å². The summed E-state index contributed by atoms with van der Waals surface area (Å²) in [6.07, 6.45) is 0.918. The Bertz CT molecular complexity index is 409. The van der Waals surface area contributed by atoms with Crippen LogP contribution in [0.25, 0.3) is 0 Å². The van der Waals surface area contributed by atoms with Crippen LogP contribution in [0.2, 0.25) is 0 Å². The van der Waals surface area contributed by atoms with Crippen molar-refractivity contribution in [3.8, 4) is 0 Å². The number of hydrogen-bond acceptors (Lipinski definition) is 2. The molecule has 1 N–H and O–H groups in total. The largest absolute Gasteiger partial charge is 0.366 e. The Balaban J connectivity index is 2.25. The van der Waals surface area contributed by atoms with Gasteiger partial charge in [-0.05, 0) is 18.6 Å². The third-order valence-electron chi connectivity index (χ3n) is 3.10. The molecule has 1 atom stereocenters. The average molecular weight is 244 g/mol. The Labute approximate surface area is 98.4 Å². The molecule has 1 aromatic rings. The number of hydrogen-bond donors (Lipinski definition) is 1. The summed E-state index contributed by atoms with van der Waals surface area (Å²) < 4.78 is 39.6. The van der Waals surface area contributed by atoms with E-state index in [0.717, 1.165) is 19.0 Å². The third kappa shape index (κ3) is 2.39. The number of nitrogens with zero attached hydrogens (tertiary/aromatic N) is 1. The van der Waals surface area contributed by atoms with Gasteiger partial charge in [0.2, 0.25) is 0 Å². The summed E-state index contributed by atoms with van der Waals surface area (Å²) >= 11 is 0. The van der Waals surface area contributed by atoms with E-state index in [0.29, 0.717) is 13.1 Å². The molecule has 0 saturated carbocycles. The highest BCUT2D eigenvalue weighted by molar-refractivity contribution is 5.49. The fourth-order valence-electron chi connectivity index (χ4n) is 2.08. The van der Waals surface area contributed by atoms with Gasteiger partial charge in [0.1, 0.15) is 0 Å². The van der Waals surface area contributed by atoms with Gasteiger partial charge < -0.3 is 10.2 Å². The van der Waals surface area contributed by atoms with Gasteiger partial charge in [0.15, 0.2) is 17.5 Å². The molecule has 1 heterocycles. The van der Waals surface area contributed by atoms with Crippen molar-refractivity contribution in [1.29, 1.82) is 0 Å². The van der Waals surface area contributed by atoms with Crippen LogP contribution in [0.1, 0.15) is 13.3 Å². The fourth-order valence-corrected chi connectivity index (χ4v) is 2.08. The first kappa shape index (κ1) is 12.2. The maximum Gasteiger partial charge on any atom is 0.196 e. The van der Waals surface area contributed by atoms with Crippen LogP contribution in [0.5, 0.6) is 0 Å². The Morgan fingerprint density at radius 2 is 2.06 bits per heavy atom. The lowest BCUT2D eigenvalue weighted by Crippen LogP contribution is -2.50. The Kier molecular flexibility index (Phi) is 3.57. The summed E-state index contributed by atoms with van der Waals surface area (Å²) in [5.41, 5.74) is 0.142. The van der Waals surface area contributed by atoms with E-state index in [1.165, 1.54) is 6.07 Å². The Hall–Kier alpha value is -1.23. The zero-order valence-corrected chi connectivity index (χ0v) is 9.64. The smallest absolute Gasteiger partial charge is 0.196 e. The average Bonchev–Trinajstić information content (AvgIpc) is 2.36. The molecule has 94 valence electrons. The highest BCUT2D eigenvalue weighted by Crippen LogP contribution is 2.24. The number of nitrogens with one attached hydrogen (secondary N) is 1. The molecule has 0 amide bonds. The van der Waals surface area contributed by atoms with Crippen LogP contribution in [0.4, 0.5) is 18.9 Å². The van der Waals surface area contributed by atoms with E-state index >= 15 is 0 Å². The van der Waals surface area contributed by atoms with Gasteiger partial charge in [0, 0.05) is 25.7 Å². The maximum atomic E-state index is 13.6. The van der Waals surface area contributed by atoms with Crippen LogP contribution in [0.15, 0.2) is 12.1 Å². The van der Waals surface area contributed by atoms with Crippen LogP contribution in [0.3, 0.4) is 0 Å². The molecule has 1 aliphatic heterocycles. The number of rotatable bonds is 2. The van der Waals surface area contributed by atoms with Crippen molar-refractivity contribution < 1.29 is 13.2 Å². The first-order valence-electron chi connectivity index (χ1n) is 5.75. The van der Waals surface area contributed by atoms with Crippen LogP contribution in [-0.2, 0) is 0 Å². The lowest BCUT2D eigenvalue weighted by molar-refractivity contribution is 0.425. The normalized spacial score (nSPS) is 20.7. The van der Waals surface area contributed by atoms with Crippen molar-refractivity contribution in [2.45, 2.75) is 19.4 Å². The predicted molar refractivity (Wildman–Crippen MR) is 60.6 cm³/mol. The van der Waals surface area contributed by atoms with Gasteiger partial charge in [-0.15, -0.1) is 0 Å². The van der Waals surface area contributed by atoms with Gasteiger partial charge >= 0.3 is 0 Å². The molecule has 0 radical (unpaired) electrons. The SMILES string of the molecule is CCC1CN(c2ccc(F)c(F)c2F)CCN1. The summed E-state index contributed by atoms with van der Waals surface area (Å²) in [5.74, 6) is -3.63. The van der Waals surface area contributed by atoms with E-state index < -0.39 is 17.5 Å². The van der Waals surface area contributed by atoms with E-state index in [1.54, 1.807) is 4.90 Å². The Morgan fingerprint density at radius 3 is 2.76 bits per heavy atom. The standard InChI is InChI=1S/C12H15F3N2/c1-2-8-7-17(6-5-16-8)10-4-3-9(13)11(14)12(10)15/h3-4,8,16H,2,5-7H2,1H3. The third-order valence-corrected chi connectivity index (χ3v) is 3.10. The molecular formula is C12H15F3N2. The van der Waals surface area contributed by atoms with Crippen molar-refractivity contribution in [1.82, 2.24) is 5.32 Å². The van der Waals surface area contributed by atoms with Gasteiger partial charge in [-0.2, -0.15) is 0 Å². The van der Waals surface area contributed by atoms with Gasteiger partial charge in [-0.25, -0.2) is 13.2 Å². The molecule has 0 aliphatic carbocycles. The van der Waals surface area contributed by atoms with Crippen molar-refractivity contribution >= 4 is 5.69 Å². The van der Waals surface area contributed by atoms with Crippen LogP contribution in [0, 0.1) is 17.5 Å². The molecule has 0 aromatic heterocycles. The monoisotopic (exact) mass is 244 g/mol. The zero-order chi connectivity index (χ0) is 12.4. The molecule has 1 aliphatic rings. The van der Waals surface area contributed by atoms with Gasteiger partial charge in [-0.1, -0.05) is 6.92 Å². The van der Waals surface area contributed by atoms with Gasteiger partial charge in [0.05, 0.1) is 5.69 Å². The highest BCUT2D eigenvalue weighted by Gasteiger charge is 2.23. The summed E-state index contributed by atoms with van der Waals surface area (Å²) in [4.78, 5) is 1.75. The molecule has 1 fully saturated rings. The summed E-state index contributed by atoms with van der Waals surface area (Å²) in [6, 6.07) is 2.53. The minimum absolute atomic E-state index is 0.142. The van der Waals surface area contributed by atoms with E-state index in [1.807, 2.05) is 6.92 Å². The number of piperazine rings is 1. The lowest BCUT2D eigenvalue weighted by Gasteiger charge is -2.35. The maximum absolute atomic E-state index is 13.6. The second-order valence-corrected chi connectivity index (χ2v) is 4.20. The summed E-state index contributed by atoms with van der Waals surface area (Å²) in [5, 5.41) is 3.28. The van der Waals surface area contributed by atoms with Crippen LogP contribution >= 0.6 is 0 Å². The molecule has 17 heavy (non-hydrogen) atoms. The van der Waals surface area contributed by atoms with Gasteiger partial charge in [0.25, 0.3) is 0 Å². The zero-order valence-electron chi connectivity index (χ0n) is 9.64. The molecule has 0 bridgehead atoms. The first-order chi connectivity index (χ1) is 8.13. The summed E-state index contributed by atoms with van der Waals surface area (Å²) in [7, 11) is 0. The second-order valence-electron chi connectivity index (χ2n) is 4.20. The van der Waals surface area contributed by atoms with Crippen molar-refractivity contribution in [2.75, 3.05) is 24.5 Å². The molecule has 5 heteroatoms. The van der Waals surface area contributed by atoms with E-state index in [4.69, 9.17) is 0 Å². The van der Waals surface area contributed by atoms with Crippen molar-refractivity contribution in [2.24, 2.45) is 0 Å². The van der Waals surface area contributed by atoms with E-state index in [-0.39, 0.29) is 11.7 Å².